The Morgan fingerprint density at radius 1 is 1.35 bits per heavy atom. The van der Waals surface area contributed by atoms with Gasteiger partial charge in [-0.05, 0) is 36.9 Å². The average molecular weight is 272 g/mol. The Kier molecular flexibility index (Phi) is 3.74. The van der Waals surface area contributed by atoms with E-state index in [1.807, 2.05) is 18.3 Å². The molecule has 1 aromatic heterocycles. The summed E-state index contributed by atoms with van der Waals surface area (Å²) in [6.07, 6.45) is 4.92. The molecule has 1 heterocycles. The van der Waals surface area contributed by atoms with Gasteiger partial charge in [0.15, 0.2) is 0 Å². The molecule has 1 fully saturated rings. The van der Waals surface area contributed by atoms with Gasteiger partial charge >= 0.3 is 5.97 Å². The number of H-pyrrole nitrogens is 1. The molecular formula is C16H20N2O2. The summed E-state index contributed by atoms with van der Waals surface area (Å²) in [5, 5.41) is 13.8. The van der Waals surface area contributed by atoms with Gasteiger partial charge in [0.25, 0.3) is 0 Å². The number of aliphatic carboxylic acids is 1. The van der Waals surface area contributed by atoms with Crippen molar-refractivity contribution in [1.82, 2.24) is 10.3 Å². The van der Waals surface area contributed by atoms with Crippen LogP contribution < -0.4 is 5.32 Å². The van der Waals surface area contributed by atoms with Crippen molar-refractivity contribution >= 4 is 16.9 Å². The molecule has 0 radical (unpaired) electrons. The van der Waals surface area contributed by atoms with Gasteiger partial charge in [0, 0.05) is 23.6 Å². The van der Waals surface area contributed by atoms with Gasteiger partial charge in [0.2, 0.25) is 0 Å². The predicted octanol–water partition coefficient (Wildman–Crippen LogP) is 2.76. The molecule has 2 atom stereocenters. The number of aromatic amines is 1. The van der Waals surface area contributed by atoms with Crippen molar-refractivity contribution in [1.29, 1.82) is 0 Å². The number of carboxylic acids is 1. The minimum atomic E-state index is -0.638. The summed E-state index contributed by atoms with van der Waals surface area (Å²) in [4.78, 5) is 14.4. The minimum absolute atomic E-state index is 0.162. The number of nitrogens with one attached hydrogen (secondary N) is 2. The van der Waals surface area contributed by atoms with Crippen molar-refractivity contribution in [3.63, 3.8) is 0 Å². The average Bonchev–Trinajstić information content (AvgIpc) is 3.06. The first-order chi connectivity index (χ1) is 9.75. The SMILES string of the molecule is O=C(O)C1CCCC1CNCc1c[nH]c2ccccc12. The largest absolute Gasteiger partial charge is 0.481 e. The quantitative estimate of drug-likeness (QED) is 0.784. The van der Waals surface area contributed by atoms with Crippen molar-refractivity contribution in [3.05, 3.63) is 36.0 Å². The molecule has 106 valence electrons. The van der Waals surface area contributed by atoms with E-state index in [9.17, 15) is 9.90 Å². The van der Waals surface area contributed by atoms with E-state index in [-0.39, 0.29) is 11.8 Å². The van der Waals surface area contributed by atoms with Crippen molar-refractivity contribution < 1.29 is 9.90 Å². The second-order valence-corrected chi connectivity index (χ2v) is 5.63. The smallest absolute Gasteiger partial charge is 0.306 e. The van der Waals surface area contributed by atoms with Crippen LogP contribution in [0.15, 0.2) is 30.5 Å². The lowest BCUT2D eigenvalue weighted by atomic mass is 9.96. The number of hydrogen-bond acceptors (Lipinski definition) is 2. The van der Waals surface area contributed by atoms with Crippen LogP contribution >= 0.6 is 0 Å². The fourth-order valence-corrected chi connectivity index (χ4v) is 3.28. The third-order valence-corrected chi connectivity index (χ3v) is 4.37. The molecule has 0 bridgehead atoms. The van der Waals surface area contributed by atoms with Crippen LogP contribution in [0.1, 0.15) is 24.8 Å². The molecule has 0 aliphatic heterocycles. The molecule has 0 spiro atoms. The molecule has 20 heavy (non-hydrogen) atoms. The van der Waals surface area contributed by atoms with Crippen molar-refractivity contribution in [2.24, 2.45) is 11.8 Å². The minimum Gasteiger partial charge on any atom is -0.481 e. The highest BCUT2D eigenvalue weighted by atomic mass is 16.4. The summed E-state index contributed by atoms with van der Waals surface area (Å²) in [6, 6.07) is 8.23. The van der Waals surface area contributed by atoms with Crippen LogP contribution in [0.4, 0.5) is 0 Å². The van der Waals surface area contributed by atoms with E-state index < -0.39 is 5.97 Å². The molecule has 0 amide bonds. The maximum atomic E-state index is 11.1. The number of carbonyl (C=O) groups is 1. The molecule has 2 aromatic rings. The first kappa shape index (κ1) is 13.2. The maximum absolute atomic E-state index is 11.1. The second-order valence-electron chi connectivity index (χ2n) is 5.63. The van der Waals surface area contributed by atoms with E-state index in [1.165, 1.54) is 10.9 Å². The number of hydrogen-bond donors (Lipinski definition) is 3. The molecule has 2 unspecified atom stereocenters. The molecule has 4 nitrogen and oxygen atoms in total. The summed E-state index contributed by atoms with van der Waals surface area (Å²) in [5.41, 5.74) is 2.39. The van der Waals surface area contributed by atoms with Crippen LogP contribution in [-0.2, 0) is 11.3 Å². The highest BCUT2D eigenvalue weighted by molar-refractivity contribution is 5.82. The summed E-state index contributed by atoms with van der Waals surface area (Å²) >= 11 is 0. The zero-order valence-electron chi connectivity index (χ0n) is 11.4. The van der Waals surface area contributed by atoms with Gasteiger partial charge < -0.3 is 15.4 Å². The Morgan fingerprint density at radius 2 is 2.20 bits per heavy atom. The number of carboxylic acid groups (broad SMARTS) is 1. The molecule has 1 aliphatic carbocycles. The molecule has 3 rings (SSSR count). The van der Waals surface area contributed by atoms with E-state index in [0.29, 0.717) is 0 Å². The van der Waals surface area contributed by atoms with E-state index in [0.717, 1.165) is 37.9 Å². The van der Waals surface area contributed by atoms with E-state index in [1.54, 1.807) is 0 Å². The van der Waals surface area contributed by atoms with Gasteiger partial charge in [-0.25, -0.2) is 0 Å². The number of rotatable bonds is 5. The van der Waals surface area contributed by atoms with Crippen molar-refractivity contribution in [2.75, 3.05) is 6.54 Å². The zero-order valence-corrected chi connectivity index (χ0v) is 11.4. The lowest BCUT2D eigenvalue weighted by Gasteiger charge is -2.16. The third-order valence-electron chi connectivity index (χ3n) is 4.37. The van der Waals surface area contributed by atoms with Crippen LogP contribution in [0.3, 0.4) is 0 Å². The van der Waals surface area contributed by atoms with Gasteiger partial charge in [-0.2, -0.15) is 0 Å². The number of fused-ring (bicyclic) bond motifs is 1. The van der Waals surface area contributed by atoms with Gasteiger partial charge in [-0.15, -0.1) is 0 Å². The lowest BCUT2D eigenvalue weighted by Crippen LogP contribution is -2.28. The molecule has 1 saturated carbocycles. The fourth-order valence-electron chi connectivity index (χ4n) is 3.28. The van der Waals surface area contributed by atoms with Gasteiger partial charge in [0.1, 0.15) is 0 Å². The Bertz CT molecular complexity index is 605. The Hall–Kier alpha value is -1.81. The summed E-state index contributed by atoms with van der Waals surface area (Å²) in [5.74, 6) is -0.524. The predicted molar refractivity (Wildman–Crippen MR) is 78.5 cm³/mol. The highest BCUT2D eigenvalue weighted by Gasteiger charge is 2.32. The van der Waals surface area contributed by atoms with E-state index >= 15 is 0 Å². The molecule has 4 heteroatoms. The summed E-state index contributed by atoms with van der Waals surface area (Å²) in [7, 11) is 0. The summed E-state index contributed by atoms with van der Waals surface area (Å²) < 4.78 is 0. The molecular weight excluding hydrogens is 252 g/mol. The second kappa shape index (κ2) is 5.67. The van der Waals surface area contributed by atoms with Gasteiger partial charge in [-0.3, -0.25) is 4.79 Å². The first-order valence-corrected chi connectivity index (χ1v) is 7.24. The Labute approximate surface area is 118 Å². The standard InChI is InChI=1S/C16H20N2O2/c19-16(20)14-6-3-4-11(14)8-17-9-12-10-18-15-7-2-1-5-13(12)15/h1-2,5,7,10-11,14,17-18H,3-4,6,8-9H2,(H,19,20). The van der Waals surface area contributed by atoms with E-state index in [2.05, 4.69) is 22.4 Å². The zero-order chi connectivity index (χ0) is 13.9. The van der Waals surface area contributed by atoms with Crippen LogP contribution in [0, 0.1) is 11.8 Å². The molecule has 3 N–H and O–H groups in total. The Morgan fingerprint density at radius 3 is 3.05 bits per heavy atom. The normalized spacial score (nSPS) is 22.4. The topological polar surface area (TPSA) is 65.1 Å². The number of benzene rings is 1. The van der Waals surface area contributed by atoms with Crippen molar-refractivity contribution in [3.8, 4) is 0 Å². The van der Waals surface area contributed by atoms with Crippen molar-refractivity contribution in [2.45, 2.75) is 25.8 Å². The fraction of sp³-hybridized carbons (Fsp3) is 0.438. The van der Waals surface area contributed by atoms with Gasteiger partial charge in [0.05, 0.1) is 5.92 Å². The van der Waals surface area contributed by atoms with Crippen LogP contribution in [0.25, 0.3) is 10.9 Å². The summed E-state index contributed by atoms with van der Waals surface area (Å²) in [6.45, 7) is 1.57. The molecule has 1 aromatic carbocycles. The number of para-hydroxylation sites is 1. The third kappa shape index (κ3) is 2.56. The number of aromatic nitrogens is 1. The van der Waals surface area contributed by atoms with Crippen LogP contribution in [0.5, 0.6) is 0 Å². The first-order valence-electron chi connectivity index (χ1n) is 7.24. The van der Waals surface area contributed by atoms with E-state index in [4.69, 9.17) is 0 Å². The maximum Gasteiger partial charge on any atom is 0.306 e. The Balaban J connectivity index is 1.59. The lowest BCUT2D eigenvalue weighted by molar-refractivity contribution is -0.142. The highest BCUT2D eigenvalue weighted by Crippen LogP contribution is 2.31. The van der Waals surface area contributed by atoms with Crippen LogP contribution in [-0.4, -0.2) is 22.6 Å². The molecule has 1 aliphatic rings. The van der Waals surface area contributed by atoms with Crippen LogP contribution in [0.2, 0.25) is 0 Å². The molecule has 0 saturated heterocycles. The van der Waals surface area contributed by atoms with Gasteiger partial charge in [-0.1, -0.05) is 24.6 Å². The monoisotopic (exact) mass is 272 g/mol.